The molecule has 1 fully saturated rings. The molecule has 2 aromatic rings. The molecule has 0 bridgehead atoms. The molecule has 1 N–H and O–H groups in total. The number of aromatic nitrogens is 1. The molecule has 6 heteroatoms. The fourth-order valence-electron chi connectivity index (χ4n) is 2.96. The van der Waals surface area contributed by atoms with Gasteiger partial charge in [0.25, 0.3) is 0 Å². The molecule has 0 radical (unpaired) electrons. The molecule has 1 aliphatic rings. The van der Waals surface area contributed by atoms with E-state index in [1.807, 2.05) is 44.1 Å². The molecular formula is C19H26N4O2. The van der Waals surface area contributed by atoms with E-state index in [4.69, 9.17) is 0 Å². The van der Waals surface area contributed by atoms with Gasteiger partial charge in [-0.3, -0.25) is 14.5 Å². The minimum Gasteiger partial charge on any atom is -0.341 e. The Kier molecular flexibility index (Phi) is 4.90. The summed E-state index contributed by atoms with van der Waals surface area (Å²) >= 11 is 0. The Balaban J connectivity index is 0.00000243. The molecule has 3 rings (SSSR count). The van der Waals surface area contributed by atoms with Crippen LogP contribution in [-0.4, -0.2) is 66.9 Å². The first-order valence-electron chi connectivity index (χ1n) is 8.44. The van der Waals surface area contributed by atoms with Crippen molar-refractivity contribution in [1.82, 2.24) is 14.8 Å². The van der Waals surface area contributed by atoms with Crippen molar-refractivity contribution in [2.45, 2.75) is 6.92 Å². The van der Waals surface area contributed by atoms with Crippen molar-refractivity contribution in [1.29, 1.82) is 0 Å². The van der Waals surface area contributed by atoms with Gasteiger partial charge in [0.05, 0.1) is 0 Å². The average Bonchev–Trinajstić information content (AvgIpc) is 2.96. The molecular weight excluding hydrogens is 316 g/mol. The molecule has 2 heterocycles. The van der Waals surface area contributed by atoms with Crippen LogP contribution >= 0.6 is 0 Å². The largest absolute Gasteiger partial charge is 0.341 e. The lowest BCUT2D eigenvalue weighted by Gasteiger charge is -2.33. The van der Waals surface area contributed by atoms with Crippen LogP contribution in [0.3, 0.4) is 0 Å². The summed E-state index contributed by atoms with van der Waals surface area (Å²) in [5.41, 5.74) is 2.19. The zero-order valence-corrected chi connectivity index (χ0v) is 15.0. The van der Waals surface area contributed by atoms with Gasteiger partial charge in [-0.05, 0) is 38.7 Å². The van der Waals surface area contributed by atoms with Gasteiger partial charge in [-0.1, -0.05) is 18.2 Å². The predicted octanol–water partition coefficient (Wildman–Crippen LogP) is 2.02. The van der Waals surface area contributed by atoms with E-state index in [9.17, 15) is 9.59 Å². The van der Waals surface area contributed by atoms with Crippen molar-refractivity contribution in [3.05, 3.63) is 42.0 Å². The first-order chi connectivity index (χ1) is 11.9. The summed E-state index contributed by atoms with van der Waals surface area (Å²) in [6, 6.07) is 8.16. The summed E-state index contributed by atoms with van der Waals surface area (Å²) in [6.07, 6.45) is 3.37. The van der Waals surface area contributed by atoms with Crippen molar-refractivity contribution in [2.75, 3.05) is 45.2 Å². The van der Waals surface area contributed by atoms with Crippen molar-refractivity contribution < 1.29 is 11.0 Å². The number of nitrogens with zero attached hydrogens (tertiary/aromatic N) is 3. The Morgan fingerprint density at radius 3 is 2.84 bits per heavy atom. The SMILES string of the molecule is Cc1ccc2cc(N3CCN(C(=O)/C=C/CN(C)C)CC3=O)[nH]c2c1.[HH]. The molecule has 0 atom stereocenters. The molecule has 134 valence electrons. The molecule has 1 aromatic heterocycles. The standard InChI is InChI=1S/C19H24N4O2.H2/c1-14-6-7-15-12-17(20-16(15)11-14)23-10-9-22(13-19(23)25)18(24)5-4-8-21(2)3;/h4-7,11-12,20H,8-10,13H2,1-3H3;1H/b5-4+;. The fourth-order valence-corrected chi connectivity index (χ4v) is 2.96. The van der Waals surface area contributed by atoms with Crippen LogP contribution in [0.2, 0.25) is 0 Å². The Morgan fingerprint density at radius 2 is 2.12 bits per heavy atom. The number of hydrogen-bond acceptors (Lipinski definition) is 3. The molecule has 0 unspecified atom stereocenters. The van der Waals surface area contributed by atoms with Crippen molar-refractivity contribution >= 4 is 28.5 Å². The number of piperazine rings is 1. The van der Waals surface area contributed by atoms with Crippen molar-refractivity contribution in [3.8, 4) is 0 Å². The maximum Gasteiger partial charge on any atom is 0.247 e. The fraction of sp³-hybridized carbons (Fsp3) is 0.368. The minimum absolute atomic E-state index is 0. The predicted molar refractivity (Wildman–Crippen MR) is 102 cm³/mol. The smallest absolute Gasteiger partial charge is 0.247 e. The van der Waals surface area contributed by atoms with Crippen LogP contribution in [0.25, 0.3) is 10.9 Å². The van der Waals surface area contributed by atoms with Gasteiger partial charge >= 0.3 is 0 Å². The monoisotopic (exact) mass is 342 g/mol. The van der Waals surface area contributed by atoms with Crippen LogP contribution in [0, 0.1) is 6.92 Å². The molecule has 1 aromatic carbocycles. The Hall–Kier alpha value is -2.60. The quantitative estimate of drug-likeness (QED) is 0.865. The van der Waals surface area contributed by atoms with E-state index in [0.29, 0.717) is 19.6 Å². The Labute approximate surface area is 149 Å². The molecule has 0 spiro atoms. The number of nitrogens with one attached hydrogen (secondary N) is 1. The highest BCUT2D eigenvalue weighted by Gasteiger charge is 2.27. The van der Waals surface area contributed by atoms with Gasteiger partial charge in [0.1, 0.15) is 12.4 Å². The lowest BCUT2D eigenvalue weighted by molar-refractivity contribution is -0.133. The van der Waals surface area contributed by atoms with Crippen LogP contribution in [-0.2, 0) is 9.59 Å². The van der Waals surface area contributed by atoms with E-state index in [-0.39, 0.29) is 19.8 Å². The summed E-state index contributed by atoms with van der Waals surface area (Å²) < 4.78 is 0. The lowest BCUT2D eigenvalue weighted by atomic mass is 10.2. The van der Waals surface area contributed by atoms with Gasteiger partial charge in [-0.15, -0.1) is 0 Å². The first kappa shape index (κ1) is 17.2. The second kappa shape index (κ2) is 7.11. The first-order valence-corrected chi connectivity index (χ1v) is 8.44. The average molecular weight is 342 g/mol. The molecule has 1 saturated heterocycles. The Bertz CT molecular complexity index is 828. The van der Waals surface area contributed by atoms with Crippen LogP contribution in [0.5, 0.6) is 0 Å². The molecule has 0 saturated carbocycles. The highest BCUT2D eigenvalue weighted by molar-refractivity contribution is 6.00. The number of carbonyl (C=O) groups is 2. The molecule has 0 aliphatic carbocycles. The summed E-state index contributed by atoms with van der Waals surface area (Å²) in [5, 5.41) is 1.08. The minimum atomic E-state index is -0.109. The normalized spacial score (nSPS) is 15.8. The summed E-state index contributed by atoms with van der Waals surface area (Å²) in [6.45, 7) is 3.89. The molecule has 25 heavy (non-hydrogen) atoms. The second-order valence-corrected chi connectivity index (χ2v) is 6.72. The van der Waals surface area contributed by atoms with Gasteiger partial charge in [0.2, 0.25) is 11.8 Å². The number of hydrogen-bond donors (Lipinski definition) is 1. The number of aromatic amines is 1. The molecule has 1 aliphatic heterocycles. The third kappa shape index (κ3) is 3.91. The molecule has 2 amide bonds. The van der Waals surface area contributed by atoms with Crippen LogP contribution < -0.4 is 4.90 Å². The van der Waals surface area contributed by atoms with Gasteiger partial charge in [-0.2, -0.15) is 0 Å². The summed E-state index contributed by atoms with van der Waals surface area (Å²) in [4.78, 5) is 33.3. The molecule has 6 nitrogen and oxygen atoms in total. The zero-order valence-electron chi connectivity index (χ0n) is 15.0. The number of fused-ring (bicyclic) bond motifs is 1. The van der Waals surface area contributed by atoms with E-state index < -0.39 is 0 Å². The van der Waals surface area contributed by atoms with Crippen LogP contribution in [0.4, 0.5) is 5.82 Å². The maximum atomic E-state index is 12.5. The zero-order chi connectivity index (χ0) is 18.0. The van der Waals surface area contributed by atoms with Gasteiger partial charge < -0.3 is 14.8 Å². The van der Waals surface area contributed by atoms with Crippen LogP contribution in [0.15, 0.2) is 36.4 Å². The maximum absolute atomic E-state index is 12.5. The number of anilines is 1. The van der Waals surface area contributed by atoms with Crippen molar-refractivity contribution in [2.24, 2.45) is 0 Å². The Morgan fingerprint density at radius 1 is 1.32 bits per heavy atom. The number of likely N-dealkylation sites (N-methyl/N-ethyl adjacent to an activating group) is 1. The third-order valence-corrected chi connectivity index (χ3v) is 4.32. The van der Waals surface area contributed by atoms with Gasteiger partial charge in [0.15, 0.2) is 0 Å². The number of aryl methyl sites for hydroxylation is 1. The third-order valence-electron chi connectivity index (χ3n) is 4.32. The summed E-state index contributed by atoms with van der Waals surface area (Å²) in [7, 11) is 3.89. The van der Waals surface area contributed by atoms with Gasteiger partial charge in [0, 0.05) is 38.0 Å². The summed E-state index contributed by atoms with van der Waals surface area (Å²) in [5.74, 6) is 0.617. The van der Waals surface area contributed by atoms with E-state index in [1.54, 1.807) is 15.9 Å². The number of amides is 2. The van der Waals surface area contributed by atoms with E-state index >= 15 is 0 Å². The number of carbonyl (C=O) groups excluding carboxylic acids is 2. The van der Waals surface area contributed by atoms with E-state index in [1.165, 1.54) is 5.56 Å². The van der Waals surface area contributed by atoms with E-state index in [2.05, 4.69) is 17.1 Å². The highest BCUT2D eigenvalue weighted by atomic mass is 16.2. The second-order valence-electron chi connectivity index (χ2n) is 6.72. The van der Waals surface area contributed by atoms with Crippen LogP contribution in [0.1, 0.15) is 6.99 Å². The van der Waals surface area contributed by atoms with E-state index in [0.717, 1.165) is 16.7 Å². The highest BCUT2D eigenvalue weighted by Crippen LogP contribution is 2.24. The van der Waals surface area contributed by atoms with Gasteiger partial charge in [-0.25, -0.2) is 0 Å². The number of rotatable bonds is 4. The topological polar surface area (TPSA) is 59.6 Å². The number of H-pyrrole nitrogens is 1. The number of benzene rings is 1. The lowest BCUT2D eigenvalue weighted by Crippen LogP contribution is -2.52. The van der Waals surface area contributed by atoms with Crippen molar-refractivity contribution in [3.63, 3.8) is 0 Å².